The molecule has 3 atom stereocenters. The lowest BCUT2D eigenvalue weighted by Crippen LogP contribution is -2.19. The van der Waals surface area contributed by atoms with Gasteiger partial charge in [-0.25, -0.2) is 0 Å². The third kappa shape index (κ3) is 2.21. The largest absolute Gasteiger partial charge is 0.388 e. The fourth-order valence-corrected chi connectivity index (χ4v) is 2.17. The normalized spacial score (nSPS) is 27.9. The van der Waals surface area contributed by atoms with E-state index in [0.717, 1.165) is 18.6 Å². The highest BCUT2D eigenvalue weighted by Crippen LogP contribution is 2.32. The van der Waals surface area contributed by atoms with Crippen LogP contribution in [0.4, 0.5) is 0 Å². The minimum absolute atomic E-state index is 0.168. The monoisotopic (exact) mass is 206 g/mol. The maximum absolute atomic E-state index is 10.2. The number of rotatable bonds is 2. The van der Waals surface area contributed by atoms with Crippen LogP contribution >= 0.6 is 0 Å². The number of benzene rings is 1. The fraction of sp³-hybridized carbons (Fsp3) is 0.538. The molecule has 1 saturated heterocycles. The minimum atomic E-state index is -0.386. The molecule has 0 aliphatic carbocycles. The van der Waals surface area contributed by atoms with Gasteiger partial charge >= 0.3 is 0 Å². The molecule has 15 heavy (non-hydrogen) atoms. The van der Waals surface area contributed by atoms with Crippen molar-refractivity contribution in [2.45, 2.75) is 32.5 Å². The van der Waals surface area contributed by atoms with Gasteiger partial charge in [0.1, 0.15) is 0 Å². The summed E-state index contributed by atoms with van der Waals surface area (Å²) in [5, 5.41) is 10.2. The van der Waals surface area contributed by atoms with E-state index in [1.807, 2.05) is 31.2 Å². The Morgan fingerprint density at radius 1 is 1.33 bits per heavy atom. The average molecular weight is 206 g/mol. The number of hydrogen-bond donors (Lipinski definition) is 1. The quantitative estimate of drug-likeness (QED) is 0.805. The lowest BCUT2D eigenvalue weighted by molar-refractivity contribution is 0.0431. The molecule has 82 valence electrons. The Labute approximate surface area is 90.9 Å². The molecule has 2 heteroatoms. The Bertz CT molecular complexity index is 318. The predicted molar refractivity (Wildman–Crippen MR) is 59.7 cm³/mol. The molecule has 0 spiro atoms. The molecule has 2 nitrogen and oxygen atoms in total. The number of aliphatic hydroxyl groups is 1. The molecule has 0 amide bonds. The molecule has 1 aromatic rings. The number of aliphatic hydroxyl groups excluding tert-OH is 1. The van der Waals surface area contributed by atoms with Crippen LogP contribution in [0.15, 0.2) is 24.3 Å². The zero-order valence-corrected chi connectivity index (χ0v) is 9.31. The van der Waals surface area contributed by atoms with Crippen LogP contribution in [-0.2, 0) is 4.74 Å². The zero-order valence-electron chi connectivity index (χ0n) is 9.31. The lowest BCUT2D eigenvalue weighted by atomic mass is 9.90. The molecule has 0 saturated carbocycles. The van der Waals surface area contributed by atoms with Gasteiger partial charge in [0, 0.05) is 12.5 Å². The van der Waals surface area contributed by atoms with Crippen LogP contribution in [0, 0.1) is 12.8 Å². The highest BCUT2D eigenvalue weighted by molar-refractivity contribution is 5.23. The highest BCUT2D eigenvalue weighted by Gasteiger charge is 2.31. The number of hydrogen-bond acceptors (Lipinski definition) is 2. The summed E-state index contributed by atoms with van der Waals surface area (Å²) in [6.45, 7) is 4.86. The smallest absolute Gasteiger partial charge is 0.0843 e. The van der Waals surface area contributed by atoms with Gasteiger partial charge in [0.25, 0.3) is 0 Å². The SMILES string of the molecule is Cc1ccc(C(O)C2CCOC2C)cc1. The molecule has 0 aromatic heterocycles. The van der Waals surface area contributed by atoms with Crippen LogP contribution in [0.1, 0.15) is 30.6 Å². The summed E-state index contributed by atoms with van der Waals surface area (Å²) in [6.07, 6.45) is 0.736. The Morgan fingerprint density at radius 3 is 2.53 bits per heavy atom. The summed E-state index contributed by atoms with van der Waals surface area (Å²) in [5.41, 5.74) is 2.23. The van der Waals surface area contributed by atoms with Gasteiger partial charge in [-0.15, -0.1) is 0 Å². The Balaban J connectivity index is 2.13. The molecule has 1 aliphatic heterocycles. The maximum atomic E-state index is 10.2. The number of ether oxygens (including phenoxy) is 1. The van der Waals surface area contributed by atoms with E-state index in [1.54, 1.807) is 0 Å². The topological polar surface area (TPSA) is 29.5 Å². The van der Waals surface area contributed by atoms with Crippen LogP contribution in [-0.4, -0.2) is 17.8 Å². The molecule has 1 fully saturated rings. The second kappa shape index (κ2) is 4.33. The molecule has 2 rings (SSSR count). The van der Waals surface area contributed by atoms with E-state index in [4.69, 9.17) is 4.74 Å². The van der Waals surface area contributed by atoms with Crippen molar-refractivity contribution in [2.75, 3.05) is 6.61 Å². The molecule has 0 bridgehead atoms. The second-order valence-corrected chi connectivity index (χ2v) is 4.38. The van der Waals surface area contributed by atoms with Gasteiger partial charge < -0.3 is 9.84 Å². The van der Waals surface area contributed by atoms with Crippen LogP contribution in [0.25, 0.3) is 0 Å². The van der Waals surface area contributed by atoms with Crippen molar-refractivity contribution in [1.82, 2.24) is 0 Å². The highest BCUT2D eigenvalue weighted by atomic mass is 16.5. The summed E-state index contributed by atoms with van der Waals surface area (Å²) >= 11 is 0. The Hall–Kier alpha value is -0.860. The van der Waals surface area contributed by atoms with Crippen molar-refractivity contribution in [3.63, 3.8) is 0 Å². The molecule has 3 unspecified atom stereocenters. The standard InChI is InChI=1S/C13H18O2/c1-9-3-5-11(6-4-9)13(14)12-7-8-15-10(12)2/h3-6,10,12-14H,7-8H2,1-2H3. The molecule has 1 N–H and O–H groups in total. The van der Waals surface area contributed by atoms with Crippen LogP contribution in [0.3, 0.4) is 0 Å². The van der Waals surface area contributed by atoms with Crippen molar-refractivity contribution >= 4 is 0 Å². The van der Waals surface area contributed by atoms with Gasteiger partial charge in [-0.1, -0.05) is 29.8 Å². The summed E-state index contributed by atoms with van der Waals surface area (Å²) in [5.74, 6) is 0.243. The van der Waals surface area contributed by atoms with Crippen molar-refractivity contribution < 1.29 is 9.84 Å². The molecule has 1 heterocycles. The maximum Gasteiger partial charge on any atom is 0.0843 e. The molecular weight excluding hydrogens is 188 g/mol. The van der Waals surface area contributed by atoms with Crippen molar-refractivity contribution in [1.29, 1.82) is 0 Å². The summed E-state index contributed by atoms with van der Waals surface area (Å²) in [6, 6.07) is 8.09. The van der Waals surface area contributed by atoms with E-state index in [9.17, 15) is 5.11 Å². The average Bonchev–Trinajstić information content (AvgIpc) is 2.65. The minimum Gasteiger partial charge on any atom is -0.388 e. The first-order chi connectivity index (χ1) is 7.18. The van der Waals surface area contributed by atoms with E-state index in [-0.39, 0.29) is 18.1 Å². The summed E-state index contributed by atoms with van der Waals surface area (Å²) in [4.78, 5) is 0. The number of aryl methyl sites for hydroxylation is 1. The second-order valence-electron chi connectivity index (χ2n) is 4.38. The van der Waals surface area contributed by atoms with E-state index in [1.165, 1.54) is 5.56 Å². The van der Waals surface area contributed by atoms with E-state index < -0.39 is 0 Å². The van der Waals surface area contributed by atoms with Gasteiger partial charge in [-0.2, -0.15) is 0 Å². The van der Waals surface area contributed by atoms with Gasteiger partial charge in [0.2, 0.25) is 0 Å². The lowest BCUT2D eigenvalue weighted by Gasteiger charge is -2.21. The molecule has 1 aliphatic rings. The fourth-order valence-electron chi connectivity index (χ4n) is 2.17. The van der Waals surface area contributed by atoms with Crippen molar-refractivity contribution in [3.05, 3.63) is 35.4 Å². The molecule has 0 radical (unpaired) electrons. The first-order valence-electron chi connectivity index (χ1n) is 5.54. The van der Waals surface area contributed by atoms with Gasteiger partial charge in [0.05, 0.1) is 12.2 Å². The summed E-state index contributed by atoms with van der Waals surface area (Å²) < 4.78 is 5.47. The zero-order chi connectivity index (χ0) is 10.8. The van der Waals surface area contributed by atoms with Crippen LogP contribution in [0.5, 0.6) is 0 Å². The van der Waals surface area contributed by atoms with E-state index in [2.05, 4.69) is 6.92 Å². The first kappa shape index (κ1) is 10.7. The third-order valence-electron chi connectivity index (χ3n) is 3.26. The van der Waals surface area contributed by atoms with Gasteiger partial charge in [-0.05, 0) is 25.8 Å². The molecular formula is C13H18O2. The Morgan fingerprint density at radius 2 is 2.00 bits per heavy atom. The van der Waals surface area contributed by atoms with Gasteiger partial charge in [0.15, 0.2) is 0 Å². The van der Waals surface area contributed by atoms with E-state index >= 15 is 0 Å². The van der Waals surface area contributed by atoms with Gasteiger partial charge in [-0.3, -0.25) is 0 Å². The third-order valence-corrected chi connectivity index (χ3v) is 3.26. The van der Waals surface area contributed by atoms with Crippen molar-refractivity contribution in [2.24, 2.45) is 5.92 Å². The Kier molecular flexibility index (Phi) is 3.08. The van der Waals surface area contributed by atoms with Crippen LogP contribution in [0.2, 0.25) is 0 Å². The van der Waals surface area contributed by atoms with Crippen molar-refractivity contribution in [3.8, 4) is 0 Å². The molecule has 1 aromatic carbocycles. The van der Waals surface area contributed by atoms with Crippen LogP contribution < -0.4 is 0 Å². The summed E-state index contributed by atoms with van der Waals surface area (Å²) in [7, 11) is 0. The predicted octanol–water partition coefficient (Wildman–Crippen LogP) is 2.45. The first-order valence-corrected chi connectivity index (χ1v) is 5.54. The van der Waals surface area contributed by atoms with E-state index in [0.29, 0.717) is 0 Å².